The number of hydrogen-bond acceptors (Lipinski definition) is 4. The van der Waals surface area contributed by atoms with Crippen molar-refractivity contribution in [3.63, 3.8) is 0 Å². The molecule has 0 aliphatic carbocycles. The van der Waals surface area contributed by atoms with Crippen LogP contribution in [-0.2, 0) is 19.3 Å². The molecule has 2 heterocycles. The van der Waals surface area contributed by atoms with Gasteiger partial charge >= 0.3 is 5.97 Å². The maximum Gasteiger partial charge on any atom is 0.339 e. The SMILES string of the molecule is CCc1ccc(CCc2nc(N3CCC[C@H]3c3ccc(Cl)cc3)ncc2C(=O)O)cc1. The van der Waals surface area contributed by atoms with Gasteiger partial charge in [0.05, 0.1) is 17.3 Å². The molecular weight excluding hydrogens is 410 g/mol. The minimum Gasteiger partial charge on any atom is -0.478 e. The molecule has 1 N–H and O–H groups in total. The molecule has 1 fully saturated rings. The van der Waals surface area contributed by atoms with Gasteiger partial charge < -0.3 is 10.0 Å². The average Bonchev–Trinajstić information content (AvgIpc) is 3.28. The van der Waals surface area contributed by atoms with Gasteiger partial charge in [-0.2, -0.15) is 0 Å². The quantitative estimate of drug-likeness (QED) is 0.529. The first kappa shape index (κ1) is 21.3. The summed E-state index contributed by atoms with van der Waals surface area (Å²) in [5.74, 6) is -0.391. The summed E-state index contributed by atoms with van der Waals surface area (Å²) in [6.07, 6.45) is 5.80. The highest BCUT2D eigenvalue weighted by atomic mass is 35.5. The molecule has 0 radical (unpaired) electrons. The van der Waals surface area contributed by atoms with E-state index in [9.17, 15) is 9.90 Å². The van der Waals surface area contributed by atoms with Crippen molar-refractivity contribution in [1.82, 2.24) is 9.97 Å². The third-order valence-electron chi connectivity index (χ3n) is 5.93. The van der Waals surface area contributed by atoms with Gasteiger partial charge in [-0.15, -0.1) is 0 Å². The molecule has 1 aliphatic heterocycles. The van der Waals surface area contributed by atoms with E-state index in [1.54, 1.807) is 0 Å². The number of aromatic nitrogens is 2. The molecule has 1 aromatic heterocycles. The van der Waals surface area contributed by atoms with E-state index in [0.717, 1.165) is 32.2 Å². The summed E-state index contributed by atoms with van der Waals surface area (Å²) in [4.78, 5) is 23.1. The number of carboxylic acids is 1. The molecule has 2 aromatic carbocycles. The third-order valence-corrected chi connectivity index (χ3v) is 6.18. The molecule has 31 heavy (non-hydrogen) atoms. The van der Waals surface area contributed by atoms with Crippen LogP contribution in [0.2, 0.25) is 5.02 Å². The number of nitrogens with zero attached hydrogens (tertiary/aromatic N) is 3. The van der Waals surface area contributed by atoms with Crippen LogP contribution >= 0.6 is 11.6 Å². The van der Waals surface area contributed by atoms with Gasteiger partial charge in [0.15, 0.2) is 0 Å². The summed E-state index contributed by atoms with van der Waals surface area (Å²) in [6.45, 7) is 2.98. The fourth-order valence-corrected chi connectivity index (χ4v) is 4.28. The van der Waals surface area contributed by atoms with E-state index in [-0.39, 0.29) is 11.6 Å². The summed E-state index contributed by atoms with van der Waals surface area (Å²) in [6, 6.07) is 16.5. The first-order valence-electron chi connectivity index (χ1n) is 10.7. The van der Waals surface area contributed by atoms with Crippen molar-refractivity contribution < 1.29 is 9.90 Å². The lowest BCUT2D eigenvalue weighted by atomic mass is 10.0. The Labute approximate surface area is 187 Å². The number of carbonyl (C=O) groups is 1. The first-order valence-corrected chi connectivity index (χ1v) is 11.1. The smallest absolute Gasteiger partial charge is 0.339 e. The van der Waals surface area contributed by atoms with Gasteiger partial charge in [0.1, 0.15) is 0 Å². The van der Waals surface area contributed by atoms with Gasteiger partial charge in [0, 0.05) is 17.8 Å². The lowest BCUT2D eigenvalue weighted by Crippen LogP contribution is -2.25. The van der Waals surface area contributed by atoms with Gasteiger partial charge in [-0.1, -0.05) is 54.9 Å². The number of halogens is 1. The zero-order chi connectivity index (χ0) is 21.8. The fourth-order valence-electron chi connectivity index (χ4n) is 4.16. The Balaban J connectivity index is 1.58. The molecule has 0 spiro atoms. The Morgan fingerprint density at radius 1 is 1.10 bits per heavy atom. The highest BCUT2D eigenvalue weighted by Gasteiger charge is 2.29. The Morgan fingerprint density at radius 2 is 1.81 bits per heavy atom. The van der Waals surface area contributed by atoms with Crippen LogP contribution in [0.4, 0.5) is 5.95 Å². The van der Waals surface area contributed by atoms with Gasteiger partial charge in [-0.05, 0) is 60.9 Å². The van der Waals surface area contributed by atoms with Crippen LogP contribution in [0.5, 0.6) is 0 Å². The first-order chi connectivity index (χ1) is 15.0. The van der Waals surface area contributed by atoms with E-state index in [0.29, 0.717) is 23.1 Å². The molecule has 0 bridgehead atoms. The zero-order valence-electron chi connectivity index (χ0n) is 17.6. The highest BCUT2D eigenvalue weighted by molar-refractivity contribution is 6.30. The summed E-state index contributed by atoms with van der Waals surface area (Å²) >= 11 is 6.05. The summed E-state index contributed by atoms with van der Waals surface area (Å²) in [5.41, 5.74) is 4.40. The maximum absolute atomic E-state index is 11.8. The number of hydrogen-bond donors (Lipinski definition) is 1. The Kier molecular flexibility index (Phi) is 6.52. The van der Waals surface area contributed by atoms with Gasteiger partial charge in [-0.25, -0.2) is 14.8 Å². The van der Waals surface area contributed by atoms with Crippen molar-refractivity contribution in [2.24, 2.45) is 0 Å². The average molecular weight is 436 g/mol. The van der Waals surface area contributed by atoms with E-state index in [4.69, 9.17) is 16.6 Å². The van der Waals surface area contributed by atoms with Crippen LogP contribution in [0, 0.1) is 0 Å². The normalized spacial score (nSPS) is 15.9. The topological polar surface area (TPSA) is 66.3 Å². The summed E-state index contributed by atoms with van der Waals surface area (Å²) in [5, 5.41) is 10.3. The molecule has 4 rings (SSSR count). The highest BCUT2D eigenvalue weighted by Crippen LogP contribution is 2.35. The standard InChI is InChI=1S/C25H26ClN3O2/c1-2-17-5-7-18(8-6-17)9-14-22-21(24(30)31)16-27-25(28-22)29-15-3-4-23(29)19-10-12-20(26)13-11-19/h5-8,10-13,16,23H,2-4,9,14-15H2,1H3,(H,30,31)/t23-/m0/s1. The predicted octanol–water partition coefficient (Wildman–Crippen LogP) is 5.52. The minimum atomic E-state index is -0.987. The van der Waals surface area contributed by atoms with E-state index >= 15 is 0 Å². The van der Waals surface area contributed by atoms with E-state index < -0.39 is 5.97 Å². The molecule has 5 nitrogen and oxygen atoms in total. The number of rotatable bonds is 7. The third kappa shape index (κ3) is 4.88. The van der Waals surface area contributed by atoms with E-state index in [1.165, 1.54) is 22.9 Å². The molecule has 6 heteroatoms. The van der Waals surface area contributed by atoms with E-state index in [2.05, 4.69) is 41.1 Å². The molecule has 1 aliphatic rings. The van der Waals surface area contributed by atoms with Crippen molar-refractivity contribution in [2.75, 3.05) is 11.4 Å². The van der Waals surface area contributed by atoms with Crippen molar-refractivity contribution >= 4 is 23.5 Å². The molecule has 0 amide bonds. The number of carboxylic acid groups (broad SMARTS) is 1. The predicted molar refractivity (Wildman–Crippen MR) is 123 cm³/mol. The molecule has 1 saturated heterocycles. The lowest BCUT2D eigenvalue weighted by molar-refractivity contribution is 0.0694. The largest absolute Gasteiger partial charge is 0.478 e. The van der Waals surface area contributed by atoms with Crippen LogP contribution in [0.25, 0.3) is 0 Å². The van der Waals surface area contributed by atoms with E-state index in [1.807, 2.05) is 24.3 Å². The molecule has 160 valence electrons. The Morgan fingerprint density at radius 3 is 2.48 bits per heavy atom. The number of aromatic carboxylic acids is 1. The molecule has 1 atom stereocenters. The summed E-state index contributed by atoms with van der Waals surface area (Å²) in [7, 11) is 0. The fraction of sp³-hybridized carbons (Fsp3) is 0.320. The lowest BCUT2D eigenvalue weighted by Gasteiger charge is -2.25. The van der Waals surface area contributed by atoms with Crippen LogP contribution in [0.1, 0.15) is 58.5 Å². The number of benzene rings is 2. The van der Waals surface area contributed by atoms with Crippen LogP contribution < -0.4 is 4.90 Å². The maximum atomic E-state index is 11.8. The zero-order valence-corrected chi connectivity index (χ0v) is 18.3. The molecule has 0 saturated carbocycles. The van der Waals surface area contributed by atoms with Crippen molar-refractivity contribution in [2.45, 2.75) is 45.1 Å². The van der Waals surface area contributed by atoms with Gasteiger partial charge in [0.25, 0.3) is 0 Å². The van der Waals surface area contributed by atoms with Crippen molar-refractivity contribution in [3.05, 3.63) is 87.7 Å². The second-order valence-corrected chi connectivity index (χ2v) is 8.34. The molecule has 3 aromatic rings. The van der Waals surface area contributed by atoms with Crippen molar-refractivity contribution in [3.8, 4) is 0 Å². The van der Waals surface area contributed by atoms with Gasteiger partial charge in [0.2, 0.25) is 5.95 Å². The monoisotopic (exact) mass is 435 g/mol. The van der Waals surface area contributed by atoms with Gasteiger partial charge in [-0.3, -0.25) is 0 Å². The van der Waals surface area contributed by atoms with Crippen LogP contribution in [0.3, 0.4) is 0 Å². The second-order valence-electron chi connectivity index (χ2n) is 7.91. The minimum absolute atomic E-state index is 0.169. The van der Waals surface area contributed by atoms with Crippen molar-refractivity contribution in [1.29, 1.82) is 0 Å². The summed E-state index contributed by atoms with van der Waals surface area (Å²) < 4.78 is 0. The second kappa shape index (κ2) is 9.48. The Bertz CT molecular complexity index is 1050. The number of anilines is 1. The van der Waals surface area contributed by atoms with Crippen LogP contribution in [0.15, 0.2) is 54.7 Å². The van der Waals surface area contributed by atoms with Crippen LogP contribution in [-0.4, -0.2) is 27.6 Å². The Hall–Kier alpha value is -2.92. The molecule has 0 unspecified atom stereocenters. The number of aryl methyl sites for hydroxylation is 3. The molecular formula is C25H26ClN3O2.